The lowest BCUT2D eigenvalue weighted by Crippen LogP contribution is -2.32. The molecule has 0 bridgehead atoms. The van der Waals surface area contributed by atoms with Gasteiger partial charge in [0.25, 0.3) is 5.01 Å². The van der Waals surface area contributed by atoms with Crippen LogP contribution in [0.5, 0.6) is 0 Å². The van der Waals surface area contributed by atoms with Crippen molar-refractivity contribution in [1.29, 1.82) is 0 Å². The first-order valence-corrected chi connectivity index (χ1v) is 15.2. The normalized spacial score (nSPS) is 16.1. The van der Waals surface area contributed by atoms with E-state index in [0.29, 0.717) is 0 Å². The van der Waals surface area contributed by atoms with Crippen molar-refractivity contribution < 1.29 is 4.57 Å². The average molecular weight is 546 g/mol. The summed E-state index contributed by atoms with van der Waals surface area (Å²) >= 11 is 3.73. The Kier molecular flexibility index (Phi) is 7.16. The van der Waals surface area contributed by atoms with Gasteiger partial charge in [0.05, 0.1) is 10.7 Å². The van der Waals surface area contributed by atoms with E-state index in [-0.39, 0.29) is 0 Å². The van der Waals surface area contributed by atoms with Crippen molar-refractivity contribution in [2.24, 2.45) is 7.05 Å². The molecule has 194 valence electrons. The molecule has 0 unspecified atom stereocenters. The van der Waals surface area contributed by atoms with Crippen LogP contribution in [0.15, 0.2) is 107 Å². The molecule has 3 aromatic carbocycles. The molecule has 39 heavy (non-hydrogen) atoms. The minimum atomic E-state index is 1.00. The molecule has 0 N–H and O–H groups in total. The van der Waals surface area contributed by atoms with Gasteiger partial charge in [-0.25, -0.2) is 0 Å². The number of hydrogen-bond acceptors (Lipinski definition) is 3. The van der Waals surface area contributed by atoms with Crippen LogP contribution in [0, 0.1) is 0 Å². The van der Waals surface area contributed by atoms with Crippen LogP contribution in [0.25, 0.3) is 34.1 Å². The zero-order valence-electron chi connectivity index (χ0n) is 22.8. The Morgan fingerprint density at radius 3 is 2.64 bits per heavy atom. The smallest absolute Gasteiger partial charge is 0.263 e. The number of fused-ring (bicyclic) bond motifs is 4. The molecule has 0 saturated carbocycles. The monoisotopic (exact) mass is 545 g/mol. The third-order valence-corrected chi connectivity index (χ3v) is 10.0. The van der Waals surface area contributed by atoms with Crippen molar-refractivity contribution in [3.8, 4) is 0 Å². The Hall–Kier alpha value is -3.60. The summed E-state index contributed by atoms with van der Waals surface area (Å²) in [6, 6.07) is 23.9. The topological polar surface area (TPSA) is 7.12 Å². The molecule has 4 aromatic rings. The number of thiazole rings is 1. The summed E-state index contributed by atoms with van der Waals surface area (Å²) in [7, 11) is 4.36. The van der Waals surface area contributed by atoms with Crippen LogP contribution < -0.4 is 9.47 Å². The van der Waals surface area contributed by atoms with Crippen molar-refractivity contribution >= 4 is 62.9 Å². The maximum absolute atomic E-state index is 4.20. The second-order valence-electron chi connectivity index (χ2n) is 10.0. The molecule has 1 aromatic heterocycles. The number of benzene rings is 3. The standard InChI is InChI=1S/C35H33N2S2/c1-5-13-25-17-12-19-30-34(28(25)6-2)38-32(36(30)3)22-27(24-14-8-7-9-15-24)23-33-37(4)31-21-20-26-16-10-11-18-29(26)35(31)39-33/h6-12,14-16,18-23H,2,5,13,17H2,1,3-4H3/q+1. The SMILES string of the molecule is C=CC1=C(CCC)CC=Cc2c1sc(/C=C(/C=C1/Sc3c(ccc4ccccc34)N1C)c1ccccc1)[n+]2C. The summed E-state index contributed by atoms with van der Waals surface area (Å²) in [6.07, 6.45) is 14.6. The number of rotatable bonds is 6. The fraction of sp³-hybridized carbons (Fsp3) is 0.171. The molecule has 2 heterocycles. The number of aromatic nitrogens is 1. The average Bonchev–Trinajstić information content (AvgIpc) is 3.37. The highest BCUT2D eigenvalue weighted by atomic mass is 32.2. The first kappa shape index (κ1) is 25.7. The van der Waals surface area contributed by atoms with Crippen LogP contribution in [0.4, 0.5) is 5.69 Å². The predicted molar refractivity (Wildman–Crippen MR) is 172 cm³/mol. The second-order valence-corrected chi connectivity index (χ2v) is 12.1. The molecule has 0 radical (unpaired) electrons. The van der Waals surface area contributed by atoms with Crippen LogP contribution in [0.3, 0.4) is 0 Å². The molecule has 1 aliphatic carbocycles. The minimum Gasteiger partial charge on any atom is -0.338 e. The van der Waals surface area contributed by atoms with Crippen LogP contribution in [-0.2, 0) is 7.05 Å². The van der Waals surface area contributed by atoms with E-state index in [4.69, 9.17) is 0 Å². The first-order valence-electron chi connectivity index (χ1n) is 13.6. The summed E-state index contributed by atoms with van der Waals surface area (Å²) in [6.45, 7) is 6.46. The third-order valence-electron chi connectivity index (χ3n) is 7.58. The van der Waals surface area contributed by atoms with E-state index in [1.54, 1.807) is 0 Å². The molecule has 0 atom stereocenters. The Labute approximate surface area is 240 Å². The first-order chi connectivity index (χ1) is 19.1. The van der Waals surface area contributed by atoms with Crippen LogP contribution in [0.1, 0.15) is 47.3 Å². The van der Waals surface area contributed by atoms with Gasteiger partial charge in [-0.15, -0.1) is 0 Å². The molecule has 2 nitrogen and oxygen atoms in total. The molecule has 2 aliphatic rings. The van der Waals surface area contributed by atoms with Gasteiger partial charge in [0.1, 0.15) is 11.9 Å². The molecule has 0 fully saturated rings. The lowest BCUT2D eigenvalue weighted by Gasteiger charge is -2.14. The minimum absolute atomic E-state index is 1.00. The van der Waals surface area contributed by atoms with Crippen molar-refractivity contribution in [1.82, 2.24) is 0 Å². The van der Waals surface area contributed by atoms with Crippen molar-refractivity contribution in [3.63, 3.8) is 0 Å². The molecule has 0 spiro atoms. The van der Waals surface area contributed by atoms with Gasteiger partial charge in [-0.3, -0.25) is 0 Å². The van der Waals surface area contributed by atoms with Gasteiger partial charge in [0.2, 0.25) is 5.69 Å². The fourth-order valence-corrected chi connectivity index (χ4v) is 8.00. The van der Waals surface area contributed by atoms with Gasteiger partial charge in [0, 0.05) is 24.1 Å². The highest BCUT2D eigenvalue weighted by Crippen LogP contribution is 2.49. The number of anilines is 1. The Morgan fingerprint density at radius 1 is 1.05 bits per heavy atom. The lowest BCUT2D eigenvalue weighted by molar-refractivity contribution is -0.670. The molecule has 0 amide bonds. The van der Waals surface area contributed by atoms with Crippen LogP contribution >= 0.6 is 23.1 Å². The van der Waals surface area contributed by atoms with E-state index in [1.165, 1.54) is 64.2 Å². The summed E-state index contributed by atoms with van der Waals surface area (Å²) < 4.78 is 2.34. The van der Waals surface area contributed by atoms with Gasteiger partial charge in [-0.1, -0.05) is 121 Å². The largest absolute Gasteiger partial charge is 0.338 e. The van der Waals surface area contributed by atoms with E-state index in [0.717, 1.165) is 19.3 Å². The number of hydrogen-bond donors (Lipinski definition) is 0. The van der Waals surface area contributed by atoms with E-state index in [1.807, 2.05) is 23.1 Å². The van der Waals surface area contributed by atoms with Gasteiger partial charge in [0.15, 0.2) is 0 Å². The van der Waals surface area contributed by atoms with Crippen molar-refractivity contribution in [2.45, 2.75) is 31.1 Å². The molecule has 4 heteroatoms. The highest BCUT2D eigenvalue weighted by molar-refractivity contribution is 8.04. The third kappa shape index (κ3) is 4.73. The molecular formula is C35H33N2S2+. The fourth-order valence-electron chi connectivity index (χ4n) is 5.49. The summed E-state index contributed by atoms with van der Waals surface area (Å²) in [5, 5.41) is 5.05. The van der Waals surface area contributed by atoms with E-state index < -0.39 is 0 Å². The number of allylic oxidation sites excluding steroid dienone is 6. The Balaban J connectivity index is 1.47. The van der Waals surface area contributed by atoms with E-state index in [9.17, 15) is 0 Å². The summed E-state index contributed by atoms with van der Waals surface area (Å²) in [4.78, 5) is 4.98. The van der Waals surface area contributed by atoms with Crippen LogP contribution in [0.2, 0.25) is 0 Å². The van der Waals surface area contributed by atoms with Crippen molar-refractivity contribution in [2.75, 3.05) is 11.9 Å². The van der Waals surface area contributed by atoms with Crippen molar-refractivity contribution in [3.05, 3.63) is 123 Å². The zero-order chi connectivity index (χ0) is 26.9. The molecule has 0 saturated heterocycles. The molecular weight excluding hydrogens is 513 g/mol. The highest BCUT2D eigenvalue weighted by Gasteiger charge is 2.27. The van der Waals surface area contributed by atoms with E-state index >= 15 is 0 Å². The second kappa shape index (κ2) is 10.9. The van der Waals surface area contributed by atoms with E-state index in [2.05, 4.69) is 134 Å². The van der Waals surface area contributed by atoms with Gasteiger partial charge >= 0.3 is 0 Å². The number of thioether (sulfide) groups is 1. The lowest BCUT2D eigenvalue weighted by atomic mass is 10.0. The molecule has 6 rings (SSSR count). The predicted octanol–water partition coefficient (Wildman–Crippen LogP) is 9.51. The summed E-state index contributed by atoms with van der Waals surface area (Å²) in [5.41, 5.74) is 7.74. The quantitative estimate of drug-likeness (QED) is 0.223. The van der Waals surface area contributed by atoms with Gasteiger partial charge in [-0.05, 0) is 52.5 Å². The Bertz CT molecular complexity index is 1700. The maximum Gasteiger partial charge on any atom is 0.263 e. The Morgan fingerprint density at radius 2 is 1.85 bits per heavy atom. The van der Waals surface area contributed by atoms with Gasteiger partial charge < -0.3 is 4.90 Å². The van der Waals surface area contributed by atoms with Gasteiger partial charge in [-0.2, -0.15) is 4.57 Å². The maximum atomic E-state index is 4.20. The number of nitrogens with zero attached hydrogens (tertiary/aromatic N) is 2. The molecule has 1 aliphatic heterocycles. The summed E-state index contributed by atoms with van der Waals surface area (Å²) in [5.74, 6) is 0. The van der Waals surface area contributed by atoms with Crippen LogP contribution in [-0.4, -0.2) is 7.05 Å². The zero-order valence-corrected chi connectivity index (χ0v) is 24.4.